The number of carbonyl (C=O) groups is 1. The van der Waals surface area contributed by atoms with Crippen molar-refractivity contribution in [1.82, 2.24) is 15.1 Å². The summed E-state index contributed by atoms with van der Waals surface area (Å²) in [5.41, 5.74) is 1.81. The summed E-state index contributed by atoms with van der Waals surface area (Å²) in [4.78, 5) is 12.5. The van der Waals surface area contributed by atoms with Gasteiger partial charge in [0.05, 0.1) is 16.9 Å². The van der Waals surface area contributed by atoms with Gasteiger partial charge < -0.3 is 10.4 Å². The van der Waals surface area contributed by atoms with Crippen molar-refractivity contribution in [2.45, 2.75) is 33.1 Å². The van der Waals surface area contributed by atoms with Crippen LogP contribution in [0.4, 0.5) is 0 Å². The maximum absolute atomic E-state index is 12.5. The molecule has 1 aromatic heterocycles. The minimum absolute atomic E-state index is 0.131. The van der Waals surface area contributed by atoms with Crippen LogP contribution in [-0.2, 0) is 0 Å². The molecule has 0 aliphatic carbocycles. The van der Waals surface area contributed by atoms with E-state index in [2.05, 4.69) is 17.3 Å². The zero-order chi connectivity index (χ0) is 17.5. The Morgan fingerprint density at radius 2 is 2.04 bits per heavy atom. The van der Waals surface area contributed by atoms with E-state index in [-0.39, 0.29) is 18.4 Å². The van der Waals surface area contributed by atoms with Crippen molar-refractivity contribution in [2.24, 2.45) is 5.92 Å². The normalized spacial score (nSPS) is 12.2. The third-order valence-electron chi connectivity index (χ3n) is 4.02. The van der Waals surface area contributed by atoms with E-state index in [0.29, 0.717) is 29.4 Å². The van der Waals surface area contributed by atoms with E-state index in [9.17, 15) is 4.79 Å². The molecule has 5 nitrogen and oxygen atoms in total. The van der Waals surface area contributed by atoms with Gasteiger partial charge in [-0.3, -0.25) is 4.79 Å². The van der Waals surface area contributed by atoms with Crippen molar-refractivity contribution in [1.29, 1.82) is 0 Å². The molecule has 0 bridgehead atoms. The van der Waals surface area contributed by atoms with E-state index in [0.717, 1.165) is 18.5 Å². The van der Waals surface area contributed by atoms with Crippen LogP contribution < -0.4 is 5.32 Å². The zero-order valence-corrected chi connectivity index (χ0v) is 14.9. The van der Waals surface area contributed by atoms with Gasteiger partial charge in [-0.1, -0.05) is 43.1 Å². The molecule has 0 saturated heterocycles. The number of hydrogen-bond donors (Lipinski definition) is 2. The van der Waals surface area contributed by atoms with Crippen LogP contribution in [0.1, 0.15) is 42.2 Å². The van der Waals surface area contributed by atoms with Gasteiger partial charge in [0.1, 0.15) is 5.15 Å². The third-order valence-corrected chi connectivity index (χ3v) is 4.37. The summed E-state index contributed by atoms with van der Waals surface area (Å²) < 4.78 is 1.57. The topological polar surface area (TPSA) is 67.2 Å². The van der Waals surface area contributed by atoms with Crippen LogP contribution in [0.15, 0.2) is 30.3 Å². The highest BCUT2D eigenvalue weighted by atomic mass is 35.5. The first kappa shape index (κ1) is 18.5. The minimum atomic E-state index is -0.223. The molecular formula is C18H24ClN3O2. The largest absolute Gasteiger partial charge is 0.396 e. The molecule has 2 rings (SSSR count). The number of nitrogens with one attached hydrogen (secondary N) is 1. The van der Waals surface area contributed by atoms with Gasteiger partial charge in [0, 0.05) is 13.2 Å². The first-order valence-electron chi connectivity index (χ1n) is 8.28. The first-order chi connectivity index (χ1) is 11.6. The third kappa shape index (κ3) is 4.36. The number of rotatable bonds is 8. The summed E-state index contributed by atoms with van der Waals surface area (Å²) in [5, 5.41) is 16.7. The Bertz CT molecular complexity index is 664. The molecule has 1 amide bonds. The smallest absolute Gasteiger partial charge is 0.256 e. The predicted molar refractivity (Wildman–Crippen MR) is 95.7 cm³/mol. The monoisotopic (exact) mass is 349 g/mol. The SMILES string of the molecule is CCCC(CCO)CNC(=O)c1c(C)nn(-c2ccccc2)c1Cl. The molecule has 1 heterocycles. The van der Waals surface area contributed by atoms with Gasteiger partial charge in [-0.25, -0.2) is 4.68 Å². The molecule has 0 aliphatic heterocycles. The number of hydrogen-bond acceptors (Lipinski definition) is 3. The van der Waals surface area contributed by atoms with Crippen LogP contribution in [0.25, 0.3) is 5.69 Å². The van der Waals surface area contributed by atoms with Gasteiger partial charge in [0.25, 0.3) is 5.91 Å². The first-order valence-corrected chi connectivity index (χ1v) is 8.65. The van der Waals surface area contributed by atoms with Crippen LogP contribution in [-0.4, -0.2) is 33.9 Å². The van der Waals surface area contributed by atoms with Gasteiger partial charge in [-0.05, 0) is 37.8 Å². The van der Waals surface area contributed by atoms with Crippen LogP contribution in [0.5, 0.6) is 0 Å². The van der Waals surface area contributed by atoms with Gasteiger partial charge in [0.15, 0.2) is 0 Å². The summed E-state index contributed by atoms with van der Waals surface area (Å²) in [5.74, 6) is 0.0472. The zero-order valence-electron chi connectivity index (χ0n) is 14.1. The number of benzene rings is 1. The molecule has 2 N–H and O–H groups in total. The highest BCUT2D eigenvalue weighted by Crippen LogP contribution is 2.23. The summed E-state index contributed by atoms with van der Waals surface area (Å²) in [7, 11) is 0. The van der Waals surface area contributed by atoms with Crippen molar-refractivity contribution in [2.75, 3.05) is 13.2 Å². The van der Waals surface area contributed by atoms with Crippen molar-refractivity contribution < 1.29 is 9.90 Å². The van der Waals surface area contributed by atoms with Gasteiger partial charge in [-0.2, -0.15) is 5.10 Å². The van der Waals surface area contributed by atoms with Crippen molar-refractivity contribution in [3.63, 3.8) is 0 Å². The number of aromatic nitrogens is 2. The average molecular weight is 350 g/mol. The van der Waals surface area contributed by atoms with Crippen molar-refractivity contribution in [3.05, 3.63) is 46.7 Å². The molecule has 0 aliphatic rings. The highest BCUT2D eigenvalue weighted by Gasteiger charge is 2.21. The van der Waals surface area contributed by atoms with Crippen LogP contribution >= 0.6 is 11.6 Å². The van der Waals surface area contributed by atoms with Gasteiger partial charge in [-0.15, -0.1) is 0 Å². The maximum Gasteiger partial charge on any atom is 0.256 e. The fraction of sp³-hybridized carbons (Fsp3) is 0.444. The molecule has 1 atom stereocenters. The fourth-order valence-electron chi connectivity index (χ4n) is 2.76. The number of para-hydroxylation sites is 1. The Morgan fingerprint density at radius 3 is 2.67 bits per heavy atom. The molecule has 1 aromatic carbocycles. The maximum atomic E-state index is 12.5. The molecule has 2 aromatic rings. The predicted octanol–water partition coefficient (Wildman–Crippen LogP) is 3.36. The number of nitrogens with zero attached hydrogens (tertiary/aromatic N) is 2. The lowest BCUT2D eigenvalue weighted by atomic mass is 10.00. The standard InChI is InChI=1S/C18H24ClN3O2/c1-3-7-14(10-11-23)12-20-18(24)16-13(2)21-22(17(16)19)15-8-5-4-6-9-15/h4-6,8-9,14,23H,3,7,10-12H2,1-2H3,(H,20,24). The molecule has 0 spiro atoms. The second-order valence-corrected chi connectivity index (χ2v) is 6.23. The summed E-state index contributed by atoms with van der Waals surface area (Å²) in [6.45, 7) is 4.53. The number of aliphatic hydroxyl groups is 1. The number of carbonyl (C=O) groups excluding carboxylic acids is 1. The lowest BCUT2D eigenvalue weighted by molar-refractivity contribution is 0.0942. The molecule has 0 fully saturated rings. The Hall–Kier alpha value is -1.85. The van der Waals surface area contributed by atoms with Crippen LogP contribution in [0.3, 0.4) is 0 Å². The molecule has 24 heavy (non-hydrogen) atoms. The minimum Gasteiger partial charge on any atom is -0.396 e. The molecule has 1 unspecified atom stereocenters. The second-order valence-electron chi connectivity index (χ2n) is 5.88. The number of aliphatic hydroxyl groups excluding tert-OH is 1. The molecule has 6 heteroatoms. The van der Waals surface area contributed by atoms with E-state index < -0.39 is 0 Å². The number of aryl methyl sites for hydroxylation is 1. The Labute approximate surface area is 147 Å². The molecule has 0 saturated carbocycles. The van der Waals surface area contributed by atoms with E-state index in [1.165, 1.54) is 0 Å². The lowest BCUT2D eigenvalue weighted by Crippen LogP contribution is -2.30. The average Bonchev–Trinajstić information content (AvgIpc) is 2.88. The molecule has 130 valence electrons. The Kier molecular flexibility index (Phi) is 6.82. The van der Waals surface area contributed by atoms with Crippen molar-refractivity contribution in [3.8, 4) is 5.69 Å². The van der Waals surface area contributed by atoms with E-state index in [4.69, 9.17) is 16.7 Å². The Balaban J connectivity index is 2.14. The Morgan fingerprint density at radius 1 is 1.33 bits per heavy atom. The van der Waals surface area contributed by atoms with Crippen LogP contribution in [0.2, 0.25) is 5.15 Å². The molecular weight excluding hydrogens is 326 g/mol. The number of halogens is 1. The molecule has 0 radical (unpaired) electrons. The second kappa shape index (κ2) is 8.85. The lowest BCUT2D eigenvalue weighted by Gasteiger charge is -2.15. The van der Waals surface area contributed by atoms with E-state index >= 15 is 0 Å². The van der Waals surface area contributed by atoms with E-state index in [1.807, 2.05) is 30.3 Å². The summed E-state index contributed by atoms with van der Waals surface area (Å²) in [6.07, 6.45) is 2.67. The quantitative estimate of drug-likeness (QED) is 0.767. The van der Waals surface area contributed by atoms with Crippen LogP contribution in [0, 0.1) is 12.8 Å². The summed E-state index contributed by atoms with van der Waals surface area (Å²) in [6, 6.07) is 9.48. The number of amides is 1. The van der Waals surface area contributed by atoms with Gasteiger partial charge >= 0.3 is 0 Å². The van der Waals surface area contributed by atoms with E-state index in [1.54, 1.807) is 11.6 Å². The fourth-order valence-corrected chi connectivity index (χ4v) is 3.12. The van der Waals surface area contributed by atoms with Gasteiger partial charge in [0.2, 0.25) is 0 Å². The highest BCUT2D eigenvalue weighted by molar-refractivity contribution is 6.33. The van der Waals surface area contributed by atoms with Crippen molar-refractivity contribution >= 4 is 17.5 Å². The summed E-state index contributed by atoms with van der Waals surface area (Å²) >= 11 is 6.40.